The minimum absolute atomic E-state index is 0.0246. The number of halogens is 1. The minimum atomic E-state index is -0.491. The van der Waals surface area contributed by atoms with Crippen molar-refractivity contribution in [3.05, 3.63) is 48.3 Å². The molecular weight excluding hydrogens is 251 g/mol. The van der Waals surface area contributed by atoms with Crippen LogP contribution < -0.4 is 10.5 Å². The van der Waals surface area contributed by atoms with Crippen LogP contribution in [-0.2, 0) is 0 Å². The zero-order valence-electron chi connectivity index (χ0n) is 9.26. The predicted molar refractivity (Wildman–Crippen MR) is 70.5 cm³/mol. The molecule has 0 amide bonds. The van der Waals surface area contributed by atoms with Crippen LogP contribution in [0, 0.1) is 5.82 Å². The first-order valence-electron chi connectivity index (χ1n) is 5.31. The van der Waals surface area contributed by atoms with Crippen molar-refractivity contribution in [2.24, 2.45) is 0 Å². The molecule has 0 unspecified atom stereocenters. The zero-order chi connectivity index (χ0) is 12.5. The van der Waals surface area contributed by atoms with Gasteiger partial charge in [-0.15, -0.1) is 0 Å². The molecule has 0 atom stereocenters. The van der Waals surface area contributed by atoms with Crippen molar-refractivity contribution in [3.8, 4) is 10.9 Å². The molecule has 1 heterocycles. The van der Waals surface area contributed by atoms with Crippen molar-refractivity contribution in [3.63, 3.8) is 0 Å². The molecule has 1 aromatic heterocycles. The summed E-state index contributed by atoms with van der Waals surface area (Å²) in [6.07, 6.45) is 0. The summed E-state index contributed by atoms with van der Waals surface area (Å²) in [5.41, 5.74) is 6.76. The smallest absolute Gasteiger partial charge is 0.280 e. The Labute approximate surface area is 107 Å². The first kappa shape index (κ1) is 11.0. The number of fused-ring (bicyclic) bond motifs is 1. The third kappa shape index (κ3) is 1.89. The van der Waals surface area contributed by atoms with Crippen LogP contribution in [0.3, 0.4) is 0 Å². The van der Waals surface area contributed by atoms with E-state index in [1.807, 2.05) is 24.3 Å². The van der Waals surface area contributed by atoms with Crippen LogP contribution in [0.15, 0.2) is 42.5 Å². The summed E-state index contributed by atoms with van der Waals surface area (Å²) in [5.74, 6) is -0.467. The predicted octanol–water partition coefficient (Wildman–Crippen LogP) is 3.81. The second-order valence-corrected chi connectivity index (χ2v) is 4.70. The van der Waals surface area contributed by atoms with Gasteiger partial charge in [-0.05, 0) is 24.3 Å². The van der Waals surface area contributed by atoms with Crippen molar-refractivity contribution in [1.82, 2.24) is 4.98 Å². The van der Waals surface area contributed by atoms with Gasteiger partial charge in [-0.3, -0.25) is 0 Å². The van der Waals surface area contributed by atoms with Crippen LogP contribution in [0.5, 0.6) is 10.9 Å². The van der Waals surface area contributed by atoms with Crippen LogP contribution in [0.1, 0.15) is 0 Å². The molecule has 18 heavy (non-hydrogen) atoms. The lowest BCUT2D eigenvalue weighted by Gasteiger charge is -2.05. The molecule has 2 N–H and O–H groups in total. The van der Waals surface area contributed by atoms with E-state index < -0.39 is 5.82 Å². The maximum absolute atomic E-state index is 13.6. The Morgan fingerprint density at radius 1 is 1.11 bits per heavy atom. The summed E-state index contributed by atoms with van der Waals surface area (Å²) >= 11 is 1.35. The second-order valence-electron chi connectivity index (χ2n) is 3.71. The Morgan fingerprint density at radius 3 is 2.72 bits per heavy atom. The maximum Gasteiger partial charge on any atom is 0.280 e. The highest BCUT2D eigenvalue weighted by molar-refractivity contribution is 7.20. The third-order valence-electron chi connectivity index (χ3n) is 2.46. The molecule has 5 heteroatoms. The van der Waals surface area contributed by atoms with E-state index in [1.54, 1.807) is 6.07 Å². The van der Waals surface area contributed by atoms with E-state index in [4.69, 9.17) is 10.5 Å². The lowest BCUT2D eigenvalue weighted by Crippen LogP contribution is -1.94. The molecule has 3 aromatic rings. The zero-order valence-corrected chi connectivity index (χ0v) is 10.1. The van der Waals surface area contributed by atoms with E-state index in [0.717, 1.165) is 10.2 Å². The number of rotatable bonds is 2. The SMILES string of the molecule is Nc1cccc(F)c1Oc1nc2ccccc2s1. The lowest BCUT2D eigenvalue weighted by atomic mass is 10.3. The average Bonchev–Trinajstić information content (AvgIpc) is 2.76. The fourth-order valence-electron chi connectivity index (χ4n) is 1.62. The first-order valence-corrected chi connectivity index (χ1v) is 6.13. The van der Waals surface area contributed by atoms with Gasteiger partial charge in [0.2, 0.25) is 0 Å². The van der Waals surface area contributed by atoms with Gasteiger partial charge < -0.3 is 10.5 Å². The van der Waals surface area contributed by atoms with Crippen molar-refractivity contribution in [1.29, 1.82) is 0 Å². The van der Waals surface area contributed by atoms with E-state index in [0.29, 0.717) is 5.19 Å². The number of nitrogens with zero attached hydrogens (tertiary/aromatic N) is 1. The summed E-state index contributed by atoms with van der Waals surface area (Å²) in [6, 6.07) is 12.1. The number of para-hydroxylation sites is 2. The van der Waals surface area contributed by atoms with Crippen LogP contribution in [0.4, 0.5) is 10.1 Å². The van der Waals surface area contributed by atoms with Gasteiger partial charge in [-0.2, -0.15) is 0 Å². The summed E-state index contributed by atoms with van der Waals surface area (Å²) in [5, 5.41) is 0.382. The van der Waals surface area contributed by atoms with Gasteiger partial charge in [0.05, 0.1) is 15.9 Å². The second kappa shape index (κ2) is 4.27. The average molecular weight is 260 g/mol. The van der Waals surface area contributed by atoms with Crippen molar-refractivity contribution in [2.45, 2.75) is 0 Å². The minimum Gasteiger partial charge on any atom is -0.425 e. The Hall–Kier alpha value is -2.14. The molecule has 0 aliphatic rings. The Balaban J connectivity index is 2.01. The molecule has 0 saturated carbocycles. The van der Waals surface area contributed by atoms with Gasteiger partial charge in [-0.25, -0.2) is 9.37 Å². The molecule has 0 fully saturated rings. The summed E-state index contributed by atoms with van der Waals surface area (Å²) in [7, 11) is 0. The molecule has 3 nitrogen and oxygen atoms in total. The monoisotopic (exact) mass is 260 g/mol. The van der Waals surface area contributed by atoms with Gasteiger partial charge >= 0.3 is 0 Å². The number of nitrogen functional groups attached to an aromatic ring is 1. The Bertz CT molecular complexity index is 658. The van der Waals surface area contributed by atoms with Crippen LogP contribution >= 0.6 is 11.3 Å². The summed E-state index contributed by atoms with van der Waals surface area (Å²) < 4.78 is 20.0. The van der Waals surface area contributed by atoms with Crippen molar-refractivity contribution >= 4 is 27.2 Å². The fraction of sp³-hybridized carbons (Fsp3) is 0. The fourth-order valence-corrected chi connectivity index (χ4v) is 2.44. The lowest BCUT2D eigenvalue weighted by molar-refractivity contribution is 0.443. The Kier molecular flexibility index (Phi) is 2.60. The molecular formula is C13H9FN2OS. The van der Waals surface area contributed by atoms with Crippen molar-refractivity contribution in [2.75, 3.05) is 5.73 Å². The number of ether oxygens (including phenoxy) is 1. The molecule has 0 aliphatic carbocycles. The number of nitrogens with two attached hydrogens (primary N) is 1. The number of hydrogen-bond acceptors (Lipinski definition) is 4. The number of aromatic nitrogens is 1. The first-order chi connectivity index (χ1) is 8.74. The number of anilines is 1. The number of benzene rings is 2. The van der Waals surface area contributed by atoms with Crippen molar-refractivity contribution < 1.29 is 9.13 Å². The molecule has 0 aliphatic heterocycles. The van der Waals surface area contributed by atoms with Gasteiger partial charge in [0, 0.05) is 0 Å². The topological polar surface area (TPSA) is 48.1 Å². The molecule has 2 aromatic carbocycles. The molecule has 0 bridgehead atoms. The third-order valence-corrected chi connectivity index (χ3v) is 3.38. The summed E-state index contributed by atoms with van der Waals surface area (Å²) in [4.78, 5) is 4.26. The quantitative estimate of drug-likeness (QED) is 0.713. The molecule has 0 spiro atoms. The standard InChI is InChI=1S/C13H9FN2OS/c14-8-4-3-5-9(15)12(8)17-13-16-10-6-1-2-7-11(10)18-13/h1-7H,15H2. The number of hydrogen-bond donors (Lipinski definition) is 1. The van der Waals surface area contributed by atoms with Crippen LogP contribution in [0.25, 0.3) is 10.2 Å². The largest absolute Gasteiger partial charge is 0.425 e. The summed E-state index contributed by atoms with van der Waals surface area (Å²) in [6.45, 7) is 0. The van der Waals surface area contributed by atoms with Gasteiger partial charge in [-0.1, -0.05) is 29.5 Å². The molecule has 90 valence electrons. The van der Waals surface area contributed by atoms with E-state index in [-0.39, 0.29) is 11.4 Å². The van der Waals surface area contributed by atoms with E-state index in [1.165, 1.54) is 23.5 Å². The highest BCUT2D eigenvalue weighted by Crippen LogP contribution is 2.34. The van der Waals surface area contributed by atoms with Gasteiger partial charge in [0.25, 0.3) is 5.19 Å². The molecule has 0 radical (unpaired) electrons. The molecule has 0 saturated heterocycles. The van der Waals surface area contributed by atoms with E-state index in [9.17, 15) is 4.39 Å². The van der Waals surface area contributed by atoms with Crippen LogP contribution in [-0.4, -0.2) is 4.98 Å². The van der Waals surface area contributed by atoms with Crippen LogP contribution in [0.2, 0.25) is 0 Å². The normalized spacial score (nSPS) is 10.7. The Morgan fingerprint density at radius 2 is 1.94 bits per heavy atom. The van der Waals surface area contributed by atoms with Gasteiger partial charge in [0.1, 0.15) is 0 Å². The van der Waals surface area contributed by atoms with Gasteiger partial charge in [0.15, 0.2) is 11.6 Å². The maximum atomic E-state index is 13.6. The highest BCUT2D eigenvalue weighted by atomic mass is 32.1. The number of thiazole rings is 1. The van der Waals surface area contributed by atoms with E-state index >= 15 is 0 Å². The highest BCUT2D eigenvalue weighted by Gasteiger charge is 2.11. The van der Waals surface area contributed by atoms with E-state index in [2.05, 4.69) is 4.98 Å². The molecule has 3 rings (SSSR count).